The predicted molar refractivity (Wildman–Crippen MR) is 56.2 cm³/mol. The second-order valence-corrected chi connectivity index (χ2v) is 4.04. The van der Waals surface area contributed by atoms with Gasteiger partial charge in [-0.15, -0.1) is 11.3 Å². The van der Waals surface area contributed by atoms with Gasteiger partial charge in [0.2, 0.25) is 11.7 Å². The highest BCUT2D eigenvalue weighted by Gasteiger charge is 2.08. The lowest BCUT2D eigenvalue weighted by Crippen LogP contribution is -1.83. The van der Waals surface area contributed by atoms with Crippen molar-refractivity contribution >= 4 is 11.3 Å². The van der Waals surface area contributed by atoms with E-state index in [2.05, 4.69) is 17.1 Å². The average Bonchev–Trinajstić information content (AvgIpc) is 2.85. The third kappa shape index (κ3) is 2.01. The minimum atomic E-state index is 0.714. The Hall–Kier alpha value is -1.16. The summed E-state index contributed by atoms with van der Waals surface area (Å²) in [5.41, 5.74) is 0. The fourth-order valence-electron chi connectivity index (χ4n) is 1.19. The maximum Gasteiger partial charge on any atom is 0.226 e. The summed E-state index contributed by atoms with van der Waals surface area (Å²) < 4.78 is 5.14. The number of thiophene rings is 1. The molecule has 0 saturated carbocycles. The molecular formula is C10H12N2OS. The van der Waals surface area contributed by atoms with Crippen LogP contribution < -0.4 is 0 Å². The largest absolute Gasteiger partial charge is 0.339 e. The Morgan fingerprint density at radius 1 is 1.50 bits per heavy atom. The van der Waals surface area contributed by atoms with Crippen LogP contribution in [0.15, 0.2) is 22.0 Å². The van der Waals surface area contributed by atoms with Gasteiger partial charge >= 0.3 is 0 Å². The van der Waals surface area contributed by atoms with Crippen molar-refractivity contribution in [2.75, 3.05) is 0 Å². The van der Waals surface area contributed by atoms with E-state index >= 15 is 0 Å². The molecule has 2 aromatic rings. The molecule has 2 heterocycles. The van der Waals surface area contributed by atoms with E-state index in [1.165, 1.54) is 0 Å². The number of unbranched alkanes of at least 4 members (excludes halogenated alkanes) is 1. The number of hydrogen-bond acceptors (Lipinski definition) is 4. The normalized spacial score (nSPS) is 10.6. The molecular weight excluding hydrogens is 196 g/mol. The molecule has 4 heteroatoms. The van der Waals surface area contributed by atoms with Gasteiger partial charge in [-0.1, -0.05) is 24.6 Å². The van der Waals surface area contributed by atoms with Crippen LogP contribution in [0.1, 0.15) is 25.7 Å². The van der Waals surface area contributed by atoms with Gasteiger partial charge in [0, 0.05) is 6.42 Å². The molecule has 0 aliphatic heterocycles. The number of aryl methyl sites for hydroxylation is 1. The van der Waals surface area contributed by atoms with E-state index < -0.39 is 0 Å². The molecule has 2 rings (SSSR count). The van der Waals surface area contributed by atoms with E-state index in [1.807, 2.05) is 17.5 Å². The minimum absolute atomic E-state index is 0.714. The van der Waals surface area contributed by atoms with Crippen LogP contribution in [0.3, 0.4) is 0 Å². The SMILES string of the molecule is CCCCc1nc(-c2cccs2)no1. The van der Waals surface area contributed by atoms with Gasteiger partial charge in [-0.3, -0.25) is 0 Å². The quantitative estimate of drug-likeness (QED) is 0.774. The van der Waals surface area contributed by atoms with Crippen LogP contribution in [-0.2, 0) is 6.42 Å². The maximum atomic E-state index is 5.14. The topological polar surface area (TPSA) is 38.9 Å². The standard InChI is InChI=1S/C10H12N2OS/c1-2-3-6-9-11-10(12-13-9)8-5-4-7-14-8/h4-5,7H,2-3,6H2,1H3. The zero-order valence-electron chi connectivity index (χ0n) is 8.06. The second-order valence-electron chi connectivity index (χ2n) is 3.09. The van der Waals surface area contributed by atoms with E-state index in [0.29, 0.717) is 5.82 Å². The number of aromatic nitrogens is 2. The summed E-state index contributed by atoms with van der Waals surface area (Å²) >= 11 is 1.63. The smallest absolute Gasteiger partial charge is 0.226 e. The van der Waals surface area contributed by atoms with Crippen LogP contribution in [0.5, 0.6) is 0 Å². The van der Waals surface area contributed by atoms with Gasteiger partial charge in [0.1, 0.15) is 0 Å². The predicted octanol–water partition coefficient (Wildman–Crippen LogP) is 3.14. The van der Waals surface area contributed by atoms with E-state index in [0.717, 1.165) is 30.0 Å². The summed E-state index contributed by atoms with van der Waals surface area (Å²) in [5, 5.41) is 5.95. The van der Waals surface area contributed by atoms with E-state index in [-0.39, 0.29) is 0 Å². The molecule has 0 spiro atoms. The molecule has 0 atom stereocenters. The third-order valence-corrected chi connectivity index (χ3v) is 2.82. The van der Waals surface area contributed by atoms with Gasteiger partial charge in [-0.25, -0.2) is 0 Å². The van der Waals surface area contributed by atoms with Gasteiger partial charge in [0.15, 0.2) is 0 Å². The van der Waals surface area contributed by atoms with Crippen LogP contribution >= 0.6 is 11.3 Å². The lowest BCUT2D eigenvalue weighted by Gasteiger charge is -1.87. The Labute approximate surface area is 86.8 Å². The van der Waals surface area contributed by atoms with Gasteiger partial charge in [-0.05, 0) is 17.9 Å². The van der Waals surface area contributed by atoms with Crippen molar-refractivity contribution in [2.24, 2.45) is 0 Å². The van der Waals surface area contributed by atoms with Crippen molar-refractivity contribution in [2.45, 2.75) is 26.2 Å². The number of nitrogens with zero attached hydrogens (tertiary/aromatic N) is 2. The molecule has 0 radical (unpaired) electrons. The van der Waals surface area contributed by atoms with Crippen LogP contribution in [-0.4, -0.2) is 10.1 Å². The van der Waals surface area contributed by atoms with Crippen molar-refractivity contribution in [3.05, 3.63) is 23.4 Å². The van der Waals surface area contributed by atoms with Crippen LogP contribution in [0.2, 0.25) is 0 Å². The Kier molecular flexibility index (Phi) is 2.93. The highest BCUT2D eigenvalue weighted by Crippen LogP contribution is 2.21. The molecule has 3 nitrogen and oxygen atoms in total. The highest BCUT2D eigenvalue weighted by atomic mass is 32.1. The van der Waals surface area contributed by atoms with Crippen molar-refractivity contribution in [3.63, 3.8) is 0 Å². The Bertz CT molecular complexity index is 380. The molecule has 0 aliphatic carbocycles. The van der Waals surface area contributed by atoms with Crippen LogP contribution in [0.25, 0.3) is 10.7 Å². The second kappa shape index (κ2) is 4.37. The monoisotopic (exact) mass is 208 g/mol. The van der Waals surface area contributed by atoms with E-state index in [1.54, 1.807) is 11.3 Å². The highest BCUT2D eigenvalue weighted by molar-refractivity contribution is 7.13. The first-order chi connectivity index (χ1) is 6.90. The van der Waals surface area contributed by atoms with Crippen LogP contribution in [0, 0.1) is 0 Å². The lowest BCUT2D eigenvalue weighted by atomic mass is 10.2. The van der Waals surface area contributed by atoms with Crippen molar-refractivity contribution in [1.29, 1.82) is 0 Å². The Balaban J connectivity index is 2.10. The molecule has 14 heavy (non-hydrogen) atoms. The van der Waals surface area contributed by atoms with E-state index in [4.69, 9.17) is 4.52 Å². The lowest BCUT2D eigenvalue weighted by molar-refractivity contribution is 0.375. The molecule has 0 saturated heterocycles. The Morgan fingerprint density at radius 2 is 2.43 bits per heavy atom. The fraction of sp³-hybridized carbons (Fsp3) is 0.400. The van der Waals surface area contributed by atoms with Gasteiger partial charge in [0.25, 0.3) is 0 Å². The first kappa shape index (κ1) is 9.40. The summed E-state index contributed by atoms with van der Waals surface area (Å²) in [7, 11) is 0. The Morgan fingerprint density at radius 3 is 3.14 bits per heavy atom. The average molecular weight is 208 g/mol. The van der Waals surface area contributed by atoms with Crippen molar-refractivity contribution in [3.8, 4) is 10.7 Å². The van der Waals surface area contributed by atoms with Gasteiger partial charge in [0.05, 0.1) is 4.88 Å². The zero-order valence-corrected chi connectivity index (χ0v) is 8.88. The third-order valence-electron chi connectivity index (χ3n) is 1.95. The summed E-state index contributed by atoms with van der Waals surface area (Å²) in [6.45, 7) is 2.15. The van der Waals surface area contributed by atoms with Gasteiger partial charge in [-0.2, -0.15) is 4.98 Å². The van der Waals surface area contributed by atoms with Crippen molar-refractivity contribution < 1.29 is 4.52 Å². The minimum Gasteiger partial charge on any atom is -0.339 e. The number of hydrogen-bond donors (Lipinski definition) is 0. The molecule has 0 aromatic carbocycles. The fourth-order valence-corrected chi connectivity index (χ4v) is 1.84. The zero-order chi connectivity index (χ0) is 9.80. The first-order valence-electron chi connectivity index (χ1n) is 4.76. The molecule has 0 aliphatic rings. The summed E-state index contributed by atoms with van der Waals surface area (Å²) in [6.07, 6.45) is 3.14. The molecule has 0 unspecified atom stereocenters. The summed E-state index contributed by atoms with van der Waals surface area (Å²) in [6, 6.07) is 3.99. The molecule has 0 N–H and O–H groups in total. The molecule has 74 valence electrons. The molecule has 0 bridgehead atoms. The maximum absolute atomic E-state index is 5.14. The summed E-state index contributed by atoms with van der Waals surface area (Å²) in [5.74, 6) is 1.46. The molecule has 2 aromatic heterocycles. The number of rotatable bonds is 4. The van der Waals surface area contributed by atoms with Gasteiger partial charge < -0.3 is 4.52 Å². The summed E-state index contributed by atoms with van der Waals surface area (Å²) in [4.78, 5) is 5.39. The van der Waals surface area contributed by atoms with E-state index in [9.17, 15) is 0 Å². The van der Waals surface area contributed by atoms with Crippen molar-refractivity contribution in [1.82, 2.24) is 10.1 Å². The molecule has 0 amide bonds. The van der Waals surface area contributed by atoms with Crippen LogP contribution in [0.4, 0.5) is 0 Å². The molecule has 0 fully saturated rings. The first-order valence-corrected chi connectivity index (χ1v) is 5.64.